The molecule has 2 N–H and O–H groups in total. The molecule has 0 bridgehead atoms. The second kappa shape index (κ2) is 7.50. The van der Waals surface area contributed by atoms with Crippen LogP contribution in [0, 0.1) is 5.92 Å². The largest absolute Gasteiger partial charge is 0.480 e. The normalized spacial score (nSPS) is 24.1. The fraction of sp³-hybridized carbons (Fsp3) is 0.818. The highest BCUT2D eigenvalue weighted by Gasteiger charge is 2.29. The summed E-state index contributed by atoms with van der Waals surface area (Å²) in [6, 6.07) is 0.463. The van der Waals surface area contributed by atoms with Gasteiger partial charge in [0, 0.05) is 12.6 Å². The van der Waals surface area contributed by atoms with E-state index in [9.17, 15) is 9.59 Å². The van der Waals surface area contributed by atoms with E-state index in [1.165, 1.54) is 0 Å². The molecular weight excluding hydrogens is 244 g/mol. The summed E-state index contributed by atoms with van der Waals surface area (Å²) in [6.07, 6.45) is 2.17. The third-order valence-corrected chi connectivity index (χ3v) is 2.99. The number of hydrogen-bond acceptors (Lipinski definition) is 3. The zero-order valence-corrected chi connectivity index (χ0v) is 11.1. The van der Waals surface area contributed by atoms with Crippen molar-refractivity contribution in [2.75, 3.05) is 19.6 Å². The Kier molecular flexibility index (Phi) is 7.15. The number of nitrogens with one attached hydrogen (secondary N) is 1. The Morgan fingerprint density at radius 2 is 2.12 bits per heavy atom. The van der Waals surface area contributed by atoms with Gasteiger partial charge in [-0.2, -0.15) is 0 Å². The third-order valence-electron chi connectivity index (χ3n) is 2.99. The Morgan fingerprint density at radius 3 is 2.65 bits per heavy atom. The van der Waals surface area contributed by atoms with Crippen LogP contribution in [0.3, 0.4) is 0 Å². The predicted molar refractivity (Wildman–Crippen MR) is 67.3 cm³/mol. The van der Waals surface area contributed by atoms with Gasteiger partial charge in [-0.25, -0.2) is 0 Å². The topological polar surface area (TPSA) is 69.6 Å². The van der Waals surface area contributed by atoms with Crippen LogP contribution in [0.25, 0.3) is 0 Å². The molecule has 17 heavy (non-hydrogen) atoms. The van der Waals surface area contributed by atoms with Gasteiger partial charge in [0.05, 0.1) is 6.54 Å². The maximum atomic E-state index is 11.5. The number of carbonyl (C=O) groups excluding carboxylic acids is 1. The summed E-state index contributed by atoms with van der Waals surface area (Å²) < 4.78 is 0. The number of carboxylic acid groups (broad SMARTS) is 1. The van der Waals surface area contributed by atoms with Crippen molar-refractivity contribution in [2.24, 2.45) is 5.92 Å². The molecule has 0 saturated carbocycles. The van der Waals surface area contributed by atoms with Crippen molar-refractivity contribution in [1.82, 2.24) is 10.2 Å². The van der Waals surface area contributed by atoms with Gasteiger partial charge in [-0.05, 0) is 18.8 Å². The van der Waals surface area contributed by atoms with Crippen molar-refractivity contribution < 1.29 is 14.7 Å². The lowest BCUT2D eigenvalue weighted by Gasteiger charge is -2.22. The maximum Gasteiger partial charge on any atom is 0.322 e. The quantitative estimate of drug-likeness (QED) is 0.768. The van der Waals surface area contributed by atoms with Crippen LogP contribution in [0.15, 0.2) is 0 Å². The third kappa shape index (κ3) is 5.37. The first-order valence-corrected chi connectivity index (χ1v) is 5.75. The van der Waals surface area contributed by atoms with E-state index in [2.05, 4.69) is 24.1 Å². The second-order valence-corrected chi connectivity index (χ2v) is 4.50. The molecule has 0 spiro atoms. The van der Waals surface area contributed by atoms with Gasteiger partial charge in [0.2, 0.25) is 5.91 Å². The van der Waals surface area contributed by atoms with Gasteiger partial charge in [0.25, 0.3) is 0 Å². The van der Waals surface area contributed by atoms with Crippen LogP contribution in [0.1, 0.15) is 26.7 Å². The molecule has 1 saturated heterocycles. The number of aliphatic carboxylic acids is 1. The summed E-state index contributed by atoms with van der Waals surface area (Å²) >= 11 is 0. The van der Waals surface area contributed by atoms with Gasteiger partial charge in [-0.3, -0.25) is 14.5 Å². The molecule has 1 aliphatic rings. The molecule has 0 aromatic rings. The van der Waals surface area contributed by atoms with Gasteiger partial charge in [0.15, 0.2) is 0 Å². The van der Waals surface area contributed by atoms with E-state index in [1.54, 1.807) is 0 Å². The monoisotopic (exact) mass is 264 g/mol. The fourth-order valence-electron chi connectivity index (χ4n) is 2.27. The number of likely N-dealkylation sites (tertiary alicyclic amines) is 1. The average molecular weight is 265 g/mol. The first kappa shape index (κ1) is 16.2. The number of rotatable bonds is 5. The van der Waals surface area contributed by atoms with E-state index >= 15 is 0 Å². The van der Waals surface area contributed by atoms with Crippen molar-refractivity contribution in [3.05, 3.63) is 0 Å². The summed E-state index contributed by atoms with van der Waals surface area (Å²) in [5.74, 6) is -0.581. The van der Waals surface area contributed by atoms with Crippen LogP contribution in [0.2, 0.25) is 0 Å². The summed E-state index contributed by atoms with van der Waals surface area (Å²) in [5.41, 5.74) is 0. The van der Waals surface area contributed by atoms with Crippen LogP contribution in [-0.2, 0) is 9.59 Å². The van der Waals surface area contributed by atoms with Gasteiger partial charge in [-0.15, -0.1) is 12.4 Å². The highest BCUT2D eigenvalue weighted by Crippen LogP contribution is 2.24. The Hall–Kier alpha value is -0.810. The molecule has 100 valence electrons. The van der Waals surface area contributed by atoms with E-state index in [0.717, 1.165) is 19.4 Å². The Bertz CT molecular complexity index is 273. The number of nitrogens with zero attached hydrogens (tertiary/aromatic N) is 1. The van der Waals surface area contributed by atoms with Crippen molar-refractivity contribution in [3.8, 4) is 0 Å². The number of amides is 1. The molecule has 6 heteroatoms. The van der Waals surface area contributed by atoms with Gasteiger partial charge < -0.3 is 10.4 Å². The predicted octanol–water partition coefficient (Wildman–Crippen LogP) is 0.729. The molecule has 1 fully saturated rings. The zero-order chi connectivity index (χ0) is 12.1. The van der Waals surface area contributed by atoms with Crippen molar-refractivity contribution in [2.45, 2.75) is 32.7 Å². The maximum absolute atomic E-state index is 11.5. The number of halogens is 1. The van der Waals surface area contributed by atoms with Crippen LogP contribution >= 0.6 is 12.4 Å². The first-order chi connectivity index (χ1) is 7.52. The minimum Gasteiger partial charge on any atom is -0.480 e. The van der Waals surface area contributed by atoms with Crippen molar-refractivity contribution >= 4 is 24.3 Å². The summed E-state index contributed by atoms with van der Waals surface area (Å²) in [5, 5.41) is 10.8. The smallest absolute Gasteiger partial charge is 0.322 e. The second-order valence-electron chi connectivity index (χ2n) is 4.50. The average Bonchev–Trinajstić information content (AvgIpc) is 2.55. The van der Waals surface area contributed by atoms with Crippen molar-refractivity contribution in [3.63, 3.8) is 0 Å². The van der Waals surface area contributed by atoms with Crippen LogP contribution in [0.4, 0.5) is 0 Å². The van der Waals surface area contributed by atoms with E-state index in [-0.39, 0.29) is 24.9 Å². The number of hydrogen-bond donors (Lipinski definition) is 2. The van der Waals surface area contributed by atoms with Gasteiger partial charge in [0.1, 0.15) is 6.54 Å². The molecular formula is C11H21ClN2O3. The lowest BCUT2D eigenvalue weighted by molar-refractivity contribution is -0.138. The van der Waals surface area contributed by atoms with E-state index in [1.807, 2.05) is 0 Å². The molecule has 1 rings (SSSR count). The highest BCUT2D eigenvalue weighted by molar-refractivity contribution is 5.85. The Balaban J connectivity index is 0.00000256. The van der Waals surface area contributed by atoms with Gasteiger partial charge in [-0.1, -0.05) is 13.8 Å². The molecule has 1 aliphatic heterocycles. The molecule has 0 aliphatic carbocycles. The molecule has 2 unspecified atom stereocenters. The lowest BCUT2D eigenvalue weighted by Crippen LogP contribution is -2.41. The molecule has 5 nitrogen and oxygen atoms in total. The first-order valence-electron chi connectivity index (χ1n) is 5.75. The molecule has 0 radical (unpaired) electrons. The minimum absolute atomic E-state index is 0. The van der Waals surface area contributed by atoms with E-state index in [4.69, 9.17) is 5.11 Å². The summed E-state index contributed by atoms with van der Waals surface area (Å²) in [6.45, 7) is 5.25. The molecule has 1 amide bonds. The van der Waals surface area contributed by atoms with E-state index in [0.29, 0.717) is 18.5 Å². The van der Waals surface area contributed by atoms with Crippen LogP contribution in [0.5, 0.6) is 0 Å². The van der Waals surface area contributed by atoms with Crippen LogP contribution in [-0.4, -0.2) is 47.6 Å². The molecule has 1 heterocycles. The number of carboxylic acids is 1. The standard InChI is InChI=1S/C11H20N2O3.ClH/c1-3-9-4-8(2)6-13(9)7-10(14)12-5-11(15)16;/h8-9H,3-7H2,1-2H3,(H,12,14)(H,15,16);1H. The molecule has 0 aromatic heterocycles. The summed E-state index contributed by atoms with van der Waals surface area (Å²) in [7, 11) is 0. The Labute approximate surface area is 108 Å². The number of carbonyl (C=O) groups is 2. The SMILES string of the molecule is CCC1CC(C)CN1CC(=O)NCC(=O)O.Cl. The summed E-state index contributed by atoms with van der Waals surface area (Å²) in [4.78, 5) is 23.9. The fourth-order valence-corrected chi connectivity index (χ4v) is 2.27. The minimum atomic E-state index is -1.00. The van der Waals surface area contributed by atoms with E-state index < -0.39 is 5.97 Å². The lowest BCUT2D eigenvalue weighted by atomic mass is 10.1. The van der Waals surface area contributed by atoms with Crippen molar-refractivity contribution in [1.29, 1.82) is 0 Å². The highest BCUT2D eigenvalue weighted by atomic mass is 35.5. The van der Waals surface area contributed by atoms with Gasteiger partial charge >= 0.3 is 5.97 Å². The molecule has 2 atom stereocenters. The zero-order valence-electron chi connectivity index (χ0n) is 10.3. The molecule has 0 aromatic carbocycles. The van der Waals surface area contributed by atoms with Crippen LogP contribution < -0.4 is 5.32 Å². The Morgan fingerprint density at radius 1 is 1.47 bits per heavy atom.